The summed E-state index contributed by atoms with van der Waals surface area (Å²) in [4.78, 5) is 28.8. The molecule has 0 radical (unpaired) electrons. The molecule has 0 spiro atoms. The predicted molar refractivity (Wildman–Crippen MR) is 95.5 cm³/mol. The molecule has 1 aliphatic heterocycles. The van der Waals surface area contributed by atoms with E-state index in [1.165, 1.54) is 15.3 Å². The first-order valence-corrected chi connectivity index (χ1v) is 9.90. The Morgan fingerprint density at radius 3 is 2.83 bits per heavy atom. The van der Waals surface area contributed by atoms with E-state index in [0.29, 0.717) is 0 Å². The second kappa shape index (κ2) is 6.66. The fourth-order valence-corrected chi connectivity index (χ4v) is 4.90. The molecule has 0 saturated heterocycles. The first kappa shape index (κ1) is 15.8. The molecule has 2 aromatic heterocycles. The molecule has 2 N–H and O–H groups in total. The van der Waals surface area contributed by atoms with E-state index in [4.69, 9.17) is 0 Å². The summed E-state index contributed by atoms with van der Waals surface area (Å²) in [6.45, 7) is 1.06. The van der Waals surface area contributed by atoms with E-state index in [9.17, 15) is 9.59 Å². The van der Waals surface area contributed by atoms with Crippen LogP contribution in [0.3, 0.4) is 0 Å². The highest BCUT2D eigenvalue weighted by molar-refractivity contribution is 7.10. The summed E-state index contributed by atoms with van der Waals surface area (Å²) >= 11 is 3.49. The lowest BCUT2D eigenvalue weighted by Gasteiger charge is -2.34. The van der Waals surface area contributed by atoms with E-state index >= 15 is 0 Å². The van der Waals surface area contributed by atoms with Gasteiger partial charge in [0.05, 0.1) is 12.6 Å². The summed E-state index contributed by atoms with van der Waals surface area (Å²) < 4.78 is 0. The average molecular weight is 361 g/mol. The van der Waals surface area contributed by atoms with Crippen LogP contribution in [0, 0.1) is 0 Å². The minimum absolute atomic E-state index is 0.109. The van der Waals surface area contributed by atoms with Gasteiger partial charge in [0, 0.05) is 22.3 Å². The summed E-state index contributed by atoms with van der Waals surface area (Å²) in [6.07, 6.45) is 2.97. The SMILES string of the molecule is O=C(CN1CCc2sccc2[C@H]1c1cccs1)NC(=O)NC1CC1. The monoisotopic (exact) mass is 361 g/mol. The third-order valence-corrected chi connectivity index (χ3v) is 6.31. The Balaban J connectivity index is 1.47. The van der Waals surface area contributed by atoms with Gasteiger partial charge in [-0.1, -0.05) is 6.07 Å². The molecule has 3 amide bonds. The number of nitrogens with one attached hydrogen (secondary N) is 2. The highest BCUT2D eigenvalue weighted by Crippen LogP contribution is 2.39. The predicted octanol–water partition coefficient (Wildman–Crippen LogP) is 2.75. The molecule has 5 nitrogen and oxygen atoms in total. The molecule has 0 aromatic carbocycles. The summed E-state index contributed by atoms with van der Waals surface area (Å²) in [5.74, 6) is -0.242. The van der Waals surface area contributed by atoms with Crippen molar-refractivity contribution in [3.8, 4) is 0 Å². The van der Waals surface area contributed by atoms with Crippen molar-refractivity contribution in [1.29, 1.82) is 0 Å². The van der Waals surface area contributed by atoms with Gasteiger partial charge in [0.15, 0.2) is 0 Å². The normalized spacial score (nSPS) is 20.4. The van der Waals surface area contributed by atoms with Gasteiger partial charge >= 0.3 is 6.03 Å². The van der Waals surface area contributed by atoms with Crippen LogP contribution in [-0.4, -0.2) is 36.0 Å². The van der Waals surface area contributed by atoms with E-state index in [-0.39, 0.29) is 30.6 Å². The van der Waals surface area contributed by atoms with Gasteiger partial charge in [-0.05, 0) is 47.7 Å². The van der Waals surface area contributed by atoms with E-state index in [1.807, 2.05) is 6.07 Å². The Kier molecular flexibility index (Phi) is 4.39. The van der Waals surface area contributed by atoms with Crippen molar-refractivity contribution in [1.82, 2.24) is 15.5 Å². The van der Waals surface area contributed by atoms with Crippen LogP contribution >= 0.6 is 22.7 Å². The summed E-state index contributed by atoms with van der Waals surface area (Å²) in [5, 5.41) is 9.43. The van der Waals surface area contributed by atoms with Crippen LogP contribution in [0.15, 0.2) is 29.0 Å². The largest absolute Gasteiger partial charge is 0.335 e. The summed E-state index contributed by atoms with van der Waals surface area (Å²) in [7, 11) is 0. The fourth-order valence-electron chi connectivity index (χ4n) is 3.12. The van der Waals surface area contributed by atoms with Crippen LogP contribution in [0.1, 0.15) is 34.2 Å². The van der Waals surface area contributed by atoms with Crippen LogP contribution in [0.2, 0.25) is 0 Å². The number of nitrogens with zero attached hydrogens (tertiary/aromatic N) is 1. The van der Waals surface area contributed by atoms with Crippen molar-refractivity contribution >= 4 is 34.6 Å². The molecule has 2 aliphatic rings. The van der Waals surface area contributed by atoms with Crippen molar-refractivity contribution in [3.63, 3.8) is 0 Å². The van der Waals surface area contributed by atoms with Gasteiger partial charge in [-0.2, -0.15) is 0 Å². The molecule has 7 heteroatoms. The third-order valence-electron chi connectivity index (χ3n) is 4.39. The van der Waals surface area contributed by atoms with E-state index in [0.717, 1.165) is 25.8 Å². The van der Waals surface area contributed by atoms with Gasteiger partial charge in [-0.15, -0.1) is 22.7 Å². The lowest BCUT2D eigenvalue weighted by molar-refractivity contribution is -0.121. The zero-order valence-electron chi connectivity index (χ0n) is 13.2. The molecule has 1 aliphatic carbocycles. The Bertz CT molecular complexity index is 737. The van der Waals surface area contributed by atoms with Crippen LogP contribution in [0.4, 0.5) is 4.79 Å². The number of carbonyl (C=O) groups is 2. The summed E-state index contributed by atoms with van der Waals surface area (Å²) in [5.41, 5.74) is 1.30. The Morgan fingerprint density at radius 1 is 1.21 bits per heavy atom. The molecule has 1 saturated carbocycles. The molecule has 1 fully saturated rings. The zero-order chi connectivity index (χ0) is 16.5. The molecule has 3 heterocycles. The number of fused-ring (bicyclic) bond motifs is 1. The molecular formula is C17H19N3O2S2. The van der Waals surface area contributed by atoms with Crippen LogP contribution in [-0.2, 0) is 11.2 Å². The number of rotatable bonds is 4. The molecule has 0 bridgehead atoms. The van der Waals surface area contributed by atoms with Crippen LogP contribution in [0.25, 0.3) is 0 Å². The highest BCUT2D eigenvalue weighted by Gasteiger charge is 2.32. The first-order valence-electron chi connectivity index (χ1n) is 8.15. The van der Waals surface area contributed by atoms with E-state index in [1.54, 1.807) is 22.7 Å². The maximum atomic E-state index is 12.3. The minimum atomic E-state index is -0.372. The highest BCUT2D eigenvalue weighted by atomic mass is 32.1. The number of hydrogen-bond donors (Lipinski definition) is 2. The maximum Gasteiger partial charge on any atom is 0.321 e. The van der Waals surface area contributed by atoms with Crippen molar-refractivity contribution < 1.29 is 9.59 Å². The van der Waals surface area contributed by atoms with E-state index in [2.05, 4.69) is 38.4 Å². The molecule has 1 atom stereocenters. The third kappa shape index (κ3) is 3.38. The average Bonchev–Trinajstić information content (AvgIpc) is 3.04. The Morgan fingerprint density at radius 2 is 2.08 bits per heavy atom. The molecule has 126 valence electrons. The van der Waals surface area contributed by atoms with Gasteiger partial charge in [0.1, 0.15) is 0 Å². The van der Waals surface area contributed by atoms with Crippen molar-refractivity contribution in [3.05, 3.63) is 44.3 Å². The molecular weight excluding hydrogens is 342 g/mol. The van der Waals surface area contributed by atoms with E-state index < -0.39 is 0 Å². The number of imide groups is 1. The van der Waals surface area contributed by atoms with Crippen LogP contribution < -0.4 is 10.6 Å². The second-order valence-corrected chi connectivity index (χ2v) is 8.21. The standard InChI is InChI=1S/C17H19N3O2S2/c21-15(19-17(22)18-11-3-4-11)10-20-7-5-13-12(6-9-24-13)16(20)14-2-1-8-23-14/h1-2,6,8-9,11,16H,3-5,7,10H2,(H2,18,19,21,22)/t16-/m0/s1. The minimum Gasteiger partial charge on any atom is -0.335 e. The maximum absolute atomic E-state index is 12.3. The number of thiophene rings is 2. The second-order valence-electron chi connectivity index (χ2n) is 6.23. The molecule has 24 heavy (non-hydrogen) atoms. The quantitative estimate of drug-likeness (QED) is 0.880. The van der Waals surface area contributed by atoms with Crippen molar-refractivity contribution in [2.75, 3.05) is 13.1 Å². The van der Waals surface area contributed by atoms with Gasteiger partial charge in [-0.3, -0.25) is 15.0 Å². The van der Waals surface area contributed by atoms with Gasteiger partial charge in [-0.25, -0.2) is 4.79 Å². The Hall–Kier alpha value is -1.70. The smallest absolute Gasteiger partial charge is 0.321 e. The van der Waals surface area contributed by atoms with Gasteiger partial charge in [0.25, 0.3) is 0 Å². The lowest BCUT2D eigenvalue weighted by atomic mass is 9.98. The zero-order valence-corrected chi connectivity index (χ0v) is 14.8. The Labute approximate surface area is 148 Å². The summed E-state index contributed by atoms with van der Waals surface area (Å²) in [6, 6.07) is 6.31. The molecule has 2 aromatic rings. The van der Waals surface area contributed by atoms with Crippen molar-refractivity contribution in [2.24, 2.45) is 0 Å². The number of amides is 3. The fraction of sp³-hybridized carbons (Fsp3) is 0.412. The van der Waals surface area contributed by atoms with Crippen LogP contribution in [0.5, 0.6) is 0 Å². The number of carbonyl (C=O) groups excluding carboxylic acids is 2. The van der Waals surface area contributed by atoms with Gasteiger partial charge < -0.3 is 5.32 Å². The van der Waals surface area contributed by atoms with Gasteiger partial charge in [0.2, 0.25) is 5.91 Å². The molecule has 0 unspecified atom stereocenters. The van der Waals surface area contributed by atoms with Crippen molar-refractivity contribution in [2.45, 2.75) is 31.3 Å². The lowest BCUT2D eigenvalue weighted by Crippen LogP contribution is -2.47. The number of urea groups is 1. The molecule has 4 rings (SSSR count). The topological polar surface area (TPSA) is 61.4 Å². The number of hydrogen-bond acceptors (Lipinski definition) is 5. The first-order chi connectivity index (χ1) is 11.7.